The number of ether oxygens (including phenoxy) is 1. The third-order valence-corrected chi connectivity index (χ3v) is 3.89. The van der Waals surface area contributed by atoms with Crippen LogP contribution in [-0.2, 0) is 6.54 Å². The van der Waals surface area contributed by atoms with Gasteiger partial charge in [-0.3, -0.25) is 0 Å². The van der Waals surface area contributed by atoms with Crippen LogP contribution in [0.3, 0.4) is 0 Å². The standard InChI is InChI=1S/C17H20BrNO/c1-12(2)14-5-4-6-15(10-14)19-11-13-7-8-17(20-3)16(18)9-13/h4-10,12,19H,11H2,1-3H3. The van der Waals surface area contributed by atoms with E-state index in [9.17, 15) is 0 Å². The number of benzene rings is 2. The van der Waals surface area contributed by atoms with Crippen molar-refractivity contribution in [3.8, 4) is 5.75 Å². The average Bonchev–Trinajstić information content (AvgIpc) is 2.45. The molecule has 0 aliphatic rings. The van der Waals surface area contributed by atoms with Crippen molar-refractivity contribution in [2.24, 2.45) is 0 Å². The Morgan fingerprint density at radius 1 is 1.15 bits per heavy atom. The predicted octanol–water partition coefficient (Wildman–Crippen LogP) is 5.19. The first-order chi connectivity index (χ1) is 9.60. The zero-order chi connectivity index (χ0) is 14.5. The monoisotopic (exact) mass is 333 g/mol. The van der Waals surface area contributed by atoms with E-state index >= 15 is 0 Å². The lowest BCUT2D eigenvalue weighted by molar-refractivity contribution is 0.412. The summed E-state index contributed by atoms with van der Waals surface area (Å²) in [6.07, 6.45) is 0. The van der Waals surface area contributed by atoms with Crippen LogP contribution < -0.4 is 10.1 Å². The SMILES string of the molecule is COc1ccc(CNc2cccc(C(C)C)c2)cc1Br. The van der Waals surface area contributed by atoms with Crippen LogP contribution in [0.15, 0.2) is 46.9 Å². The van der Waals surface area contributed by atoms with Gasteiger partial charge in [0.25, 0.3) is 0 Å². The molecule has 0 radical (unpaired) electrons. The lowest BCUT2D eigenvalue weighted by atomic mass is 10.0. The van der Waals surface area contributed by atoms with Crippen LogP contribution in [0.25, 0.3) is 0 Å². The molecule has 0 aliphatic heterocycles. The molecule has 0 saturated carbocycles. The number of hydrogen-bond acceptors (Lipinski definition) is 2. The van der Waals surface area contributed by atoms with Gasteiger partial charge in [-0.15, -0.1) is 0 Å². The van der Waals surface area contributed by atoms with Crippen molar-refractivity contribution in [1.29, 1.82) is 0 Å². The number of hydrogen-bond donors (Lipinski definition) is 1. The zero-order valence-electron chi connectivity index (χ0n) is 12.1. The number of halogens is 1. The molecule has 0 unspecified atom stereocenters. The van der Waals surface area contributed by atoms with Crippen LogP contribution in [0.5, 0.6) is 5.75 Å². The smallest absolute Gasteiger partial charge is 0.133 e. The van der Waals surface area contributed by atoms with Gasteiger partial charge < -0.3 is 10.1 Å². The fourth-order valence-corrected chi connectivity index (χ4v) is 2.62. The van der Waals surface area contributed by atoms with Crippen molar-refractivity contribution >= 4 is 21.6 Å². The van der Waals surface area contributed by atoms with Gasteiger partial charge in [-0.05, 0) is 57.2 Å². The summed E-state index contributed by atoms with van der Waals surface area (Å²) in [6.45, 7) is 5.21. The Balaban J connectivity index is 2.05. The van der Waals surface area contributed by atoms with E-state index in [2.05, 4.69) is 71.5 Å². The van der Waals surface area contributed by atoms with E-state index in [1.165, 1.54) is 11.1 Å². The second-order valence-electron chi connectivity index (χ2n) is 5.10. The Morgan fingerprint density at radius 3 is 2.60 bits per heavy atom. The van der Waals surface area contributed by atoms with Crippen molar-refractivity contribution in [3.05, 3.63) is 58.1 Å². The van der Waals surface area contributed by atoms with Crippen LogP contribution in [0.4, 0.5) is 5.69 Å². The lowest BCUT2D eigenvalue weighted by Gasteiger charge is -2.11. The second-order valence-corrected chi connectivity index (χ2v) is 5.96. The summed E-state index contributed by atoms with van der Waals surface area (Å²) < 4.78 is 6.22. The van der Waals surface area contributed by atoms with Crippen molar-refractivity contribution in [3.63, 3.8) is 0 Å². The molecule has 2 nitrogen and oxygen atoms in total. The predicted molar refractivity (Wildman–Crippen MR) is 88.6 cm³/mol. The molecule has 1 N–H and O–H groups in total. The molecule has 0 heterocycles. The first-order valence-corrected chi connectivity index (χ1v) is 7.55. The highest BCUT2D eigenvalue weighted by Gasteiger charge is 2.03. The van der Waals surface area contributed by atoms with E-state index in [0.717, 1.165) is 22.5 Å². The van der Waals surface area contributed by atoms with Gasteiger partial charge >= 0.3 is 0 Å². The van der Waals surface area contributed by atoms with Gasteiger partial charge in [0.15, 0.2) is 0 Å². The average molecular weight is 334 g/mol. The lowest BCUT2D eigenvalue weighted by Crippen LogP contribution is -2.00. The van der Waals surface area contributed by atoms with E-state index in [1.54, 1.807) is 7.11 Å². The molecular weight excluding hydrogens is 314 g/mol. The molecule has 106 valence electrons. The van der Waals surface area contributed by atoms with E-state index in [1.807, 2.05) is 6.07 Å². The molecule has 0 fully saturated rings. The number of nitrogens with one attached hydrogen (secondary N) is 1. The van der Waals surface area contributed by atoms with Crippen molar-refractivity contribution < 1.29 is 4.74 Å². The highest BCUT2D eigenvalue weighted by atomic mass is 79.9. The van der Waals surface area contributed by atoms with E-state index in [-0.39, 0.29) is 0 Å². The van der Waals surface area contributed by atoms with E-state index in [4.69, 9.17) is 4.74 Å². The van der Waals surface area contributed by atoms with Gasteiger partial charge in [0.1, 0.15) is 5.75 Å². The Bertz CT molecular complexity index is 581. The van der Waals surface area contributed by atoms with Gasteiger partial charge in [-0.1, -0.05) is 32.0 Å². The van der Waals surface area contributed by atoms with Crippen LogP contribution >= 0.6 is 15.9 Å². The molecule has 2 rings (SSSR count). The van der Waals surface area contributed by atoms with Crippen LogP contribution in [-0.4, -0.2) is 7.11 Å². The second kappa shape index (κ2) is 6.80. The maximum absolute atomic E-state index is 5.24. The minimum atomic E-state index is 0.548. The number of rotatable bonds is 5. The fraction of sp³-hybridized carbons (Fsp3) is 0.294. The minimum Gasteiger partial charge on any atom is -0.496 e. The molecule has 2 aromatic rings. The van der Waals surface area contributed by atoms with Crippen molar-refractivity contribution in [2.75, 3.05) is 12.4 Å². The van der Waals surface area contributed by atoms with Gasteiger partial charge in [0.2, 0.25) is 0 Å². The highest BCUT2D eigenvalue weighted by Crippen LogP contribution is 2.26. The maximum atomic E-state index is 5.24. The Morgan fingerprint density at radius 2 is 1.95 bits per heavy atom. The van der Waals surface area contributed by atoms with Gasteiger partial charge in [-0.25, -0.2) is 0 Å². The number of methoxy groups -OCH3 is 1. The molecular formula is C17H20BrNO. The van der Waals surface area contributed by atoms with E-state index in [0.29, 0.717) is 5.92 Å². The molecule has 3 heteroatoms. The highest BCUT2D eigenvalue weighted by molar-refractivity contribution is 9.10. The van der Waals surface area contributed by atoms with Gasteiger partial charge in [-0.2, -0.15) is 0 Å². The molecule has 20 heavy (non-hydrogen) atoms. The Kier molecular flexibility index (Phi) is 5.07. The third kappa shape index (κ3) is 3.76. The van der Waals surface area contributed by atoms with Crippen molar-refractivity contribution in [1.82, 2.24) is 0 Å². The Labute approximate surface area is 129 Å². The summed E-state index contributed by atoms with van der Waals surface area (Å²) in [5.74, 6) is 1.41. The maximum Gasteiger partial charge on any atom is 0.133 e. The zero-order valence-corrected chi connectivity index (χ0v) is 13.7. The van der Waals surface area contributed by atoms with Crippen molar-refractivity contribution in [2.45, 2.75) is 26.3 Å². The molecule has 0 spiro atoms. The summed E-state index contributed by atoms with van der Waals surface area (Å²) in [7, 11) is 1.68. The quantitative estimate of drug-likeness (QED) is 0.812. The van der Waals surface area contributed by atoms with Gasteiger partial charge in [0, 0.05) is 12.2 Å². The largest absolute Gasteiger partial charge is 0.496 e. The van der Waals surface area contributed by atoms with Crippen LogP contribution in [0, 0.1) is 0 Å². The first-order valence-electron chi connectivity index (χ1n) is 6.76. The summed E-state index contributed by atoms with van der Waals surface area (Å²) in [5.41, 5.74) is 3.72. The van der Waals surface area contributed by atoms with Crippen LogP contribution in [0.1, 0.15) is 30.9 Å². The van der Waals surface area contributed by atoms with Crippen LogP contribution in [0.2, 0.25) is 0 Å². The van der Waals surface area contributed by atoms with E-state index < -0.39 is 0 Å². The normalized spacial score (nSPS) is 10.7. The summed E-state index contributed by atoms with van der Waals surface area (Å²) in [6, 6.07) is 14.7. The summed E-state index contributed by atoms with van der Waals surface area (Å²) >= 11 is 3.51. The molecule has 2 aromatic carbocycles. The Hall–Kier alpha value is -1.48. The number of anilines is 1. The van der Waals surface area contributed by atoms with Gasteiger partial charge in [0.05, 0.1) is 11.6 Å². The summed E-state index contributed by atoms with van der Waals surface area (Å²) in [5, 5.41) is 3.46. The molecule has 0 bridgehead atoms. The molecule has 0 atom stereocenters. The molecule has 0 aliphatic carbocycles. The fourth-order valence-electron chi connectivity index (χ4n) is 2.03. The molecule has 0 amide bonds. The molecule has 0 aromatic heterocycles. The molecule has 0 saturated heterocycles. The minimum absolute atomic E-state index is 0.548. The summed E-state index contributed by atoms with van der Waals surface area (Å²) in [4.78, 5) is 0. The topological polar surface area (TPSA) is 21.3 Å². The third-order valence-electron chi connectivity index (χ3n) is 3.27. The first kappa shape index (κ1) is 14.9.